The van der Waals surface area contributed by atoms with E-state index in [0.29, 0.717) is 0 Å². The van der Waals surface area contributed by atoms with Crippen molar-refractivity contribution in [1.29, 1.82) is 0 Å². The van der Waals surface area contributed by atoms with E-state index in [9.17, 15) is 9.18 Å². The molecule has 0 aliphatic heterocycles. The first kappa shape index (κ1) is 11.0. The topological polar surface area (TPSA) is 26.3 Å². The molecule has 1 atom stereocenters. The van der Waals surface area contributed by atoms with Crippen molar-refractivity contribution in [3.63, 3.8) is 0 Å². The van der Waals surface area contributed by atoms with Crippen molar-refractivity contribution < 1.29 is 13.9 Å². The second kappa shape index (κ2) is 4.94. The van der Waals surface area contributed by atoms with Gasteiger partial charge in [-0.3, -0.25) is 0 Å². The zero-order valence-corrected chi connectivity index (χ0v) is 8.55. The fraction of sp³-hybridized carbons (Fsp3) is 0.545. The van der Waals surface area contributed by atoms with Crippen molar-refractivity contribution >= 4 is 5.97 Å². The Balaban J connectivity index is 2.65. The van der Waals surface area contributed by atoms with Gasteiger partial charge in [0.15, 0.2) is 0 Å². The van der Waals surface area contributed by atoms with Gasteiger partial charge in [-0.1, -0.05) is 6.08 Å². The molecule has 1 unspecified atom stereocenters. The van der Waals surface area contributed by atoms with Gasteiger partial charge in [0, 0.05) is 12.0 Å². The molecule has 0 aromatic rings. The maximum atomic E-state index is 13.5. The van der Waals surface area contributed by atoms with E-state index >= 15 is 0 Å². The third-order valence-corrected chi connectivity index (χ3v) is 2.47. The Bertz CT molecular complexity index is 279. The Morgan fingerprint density at radius 1 is 1.64 bits per heavy atom. The molecule has 78 valence electrons. The lowest BCUT2D eigenvalue weighted by Crippen LogP contribution is -2.07. The Morgan fingerprint density at radius 3 is 3.00 bits per heavy atom. The molecule has 0 N–H and O–H groups in total. The van der Waals surface area contributed by atoms with Gasteiger partial charge in [0.05, 0.1) is 7.11 Å². The molecule has 0 saturated heterocycles. The van der Waals surface area contributed by atoms with Gasteiger partial charge in [-0.25, -0.2) is 9.18 Å². The highest BCUT2D eigenvalue weighted by atomic mass is 19.1. The van der Waals surface area contributed by atoms with Gasteiger partial charge in [0.1, 0.15) is 5.83 Å². The van der Waals surface area contributed by atoms with Gasteiger partial charge in [-0.15, -0.1) is 0 Å². The normalized spacial score (nSPS) is 22.9. The minimum Gasteiger partial charge on any atom is -0.466 e. The van der Waals surface area contributed by atoms with Crippen LogP contribution in [0.1, 0.15) is 26.2 Å². The van der Waals surface area contributed by atoms with Crippen LogP contribution >= 0.6 is 0 Å². The number of methoxy groups -OCH3 is 1. The van der Waals surface area contributed by atoms with E-state index in [1.807, 2.05) is 0 Å². The number of hydrogen-bond acceptors (Lipinski definition) is 2. The van der Waals surface area contributed by atoms with Crippen LogP contribution in [0.5, 0.6) is 0 Å². The lowest BCUT2D eigenvalue weighted by atomic mass is 9.89. The minimum absolute atomic E-state index is 0.0867. The molecule has 2 nitrogen and oxygen atoms in total. The molecular weight excluding hydrogens is 183 g/mol. The molecular formula is C11H15FO2. The Morgan fingerprint density at radius 2 is 2.36 bits per heavy atom. The summed E-state index contributed by atoms with van der Waals surface area (Å²) in [7, 11) is 1.31. The first-order valence-electron chi connectivity index (χ1n) is 4.76. The molecule has 1 aliphatic rings. The Kier molecular flexibility index (Phi) is 3.86. The molecule has 0 bridgehead atoms. The maximum absolute atomic E-state index is 13.5. The van der Waals surface area contributed by atoms with Gasteiger partial charge in [-0.05, 0) is 31.8 Å². The van der Waals surface area contributed by atoms with E-state index in [1.54, 1.807) is 13.0 Å². The van der Waals surface area contributed by atoms with Gasteiger partial charge < -0.3 is 4.74 Å². The standard InChI is InChI=1S/C11H15FO2/c1-8-4-3-5-9(11(8)12)6-7-10(13)14-2/h6-7,9H,3-5H2,1-2H3/b7-6+. The van der Waals surface area contributed by atoms with E-state index in [2.05, 4.69) is 4.74 Å². The lowest BCUT2D eigenvalue weighted by molar-refractivity contribution is -0.134. The average molecular weight is 198 g/mol. The number of carbonyl (C=O) groups excluding carboxylic acids is 1. The summed E-state index contributed by atoms with van der Waals surface area (Å²) < 4.78 is 17.9. The molecule has 14 heavy (non-hydrogen) atoms. The molecule has 0 saturated carbocycles. The number of halogens is 1. The number of hydrogen-bond donors (Lipinski definition) is 0. The zero-order chi connectivity index (χ0) is 10.6. The third kappa shape index (κ3) is 2.69. The van der Waals surface area contributed by atoms with Crippen molar-refractivity contribution in [2.45, 2.75) is 26.2 Å². The predicted molar refractivity (Wildman–Crippen MR) is 52.3 cm³/mol. The molecule has 0 fully saturated rings. The second-order valence-corrected chi connectivity index (χ2v) is 3.51. The second-order valence-electron chi connectivity index (χ2n) is 3.51. The smallest absolute Gasteiger partial charge is 0.330 e. The highest BCUT2D eigenvalue weighted by Crippen LogP contribution is 2.31. The monoisotopic (exact) mass is 198 g/mol. The summed E-state index contributed by atoms with van der Waals surface area (Å²) in [4.78, 5) is 10.8. The first-order chi connectivity index (χ1) is 6.65. The summed E-state index contributed by atoms with van der Waals surface area (Å²) in [6.45, 7) is 1.80. The van der Waals surface area contributed by atoms with E-state index in [4.69, 9.17) is 0 Å². The summed E-state index contributed by atoms with van der Waals surface area (Å²) >= 11 is 0. The van der Waals surface area contributed by atoms with Crippen LogP contribution in [0.15, 0.2) is 23.6 Å². The molecule has 0 radical (unpaired) electrons. The van der Waals surface area contributed by atoms with Crippen LogP contribution in [0.2, 0.25) is 0 Å². The van der Waals surface area contributed by atoms with Crippen LogP contribution in [0.3, 0.4) is 0 Å². The Labute approximate surface area is 83.4 Å². The van der Waals surface area contributed by atoms with Crippen LogP contribution < -0.4 is 0 Å². The van der Waals surface area contributed by atoms with E-state index in [-0.39, 0.29) is 11.7 Å². The van der Waals surface area contributed by atoms with Gasteiger partial charge in [0.25, 0.3) is 0 Å². The average Bonchev–Trinajstić information content (AvgIpc) is 2.20. The van der Waals surface area contributed by atoms with Gasteiger partial charge >= 0.3 is 5.97 Å². The highest BCUT2D eigenvalue weighted by Gasteiger charge is 2.18. The highest BCUT2D eigenvalue weighted by molar-refractivity contribution is 5.81. The number of esters is 1. The van der Waals surface area contributed by atoms with Crippen molar-refractivity contribution in [2.75, 3.05) is 7.11 Å². The predicted octanol–water partition coefficient (Wildman–Crippen LogP) is 2.76. The molecule has 3 heteroatoms. The van der Waals surface area contributed by atoms with Crippen LogP contribution in [0, 0.1) is 5.92 Å². The molecule has 0 aromatic heterocycles. The summed E-state index contributed by atoms with van der Waals surface area (Å²) in [5.74, 6) is -0.750. The first-order valence-corrected chi connectivity index (χ1v) is 4.76. The van der Waals surface area contributed by atoms with Crippen molar-refractivity contribution in [3.8, 4) is 0 Å². The maximum Gasteiger partial charge on any atom is 0.330 e. The van der Waals surface area contributed by atoms with E-state index in [0.717, 1.165) is 24.8 Å². The fourth-order valence-corrected chi connectivity index (χ4v) is 1.59. The summed E-state index contributed by atoms with van der Waals surface area (Å²) in [6.07, 6.45) is 5.47. The SMILES string of the molecule is COC(=O)/C=C/C1CCCC(C)=C1F. The molecule has 1 aliphatic carbocycles. The molecule has 1 rings (SSSR count). The molecule has 0 heterocycles. The van der Waals surface area contributed by atoms with Gasteiger partial charge in [0.2, 0.25) is 0 Å². The van der Waals surface area contributed by atoms with Crippen LogP contribution in [-0.2, 0) is 9.53 Å². The van der Waals surface area contributed by atoms with Crippen LogP contribution in [-0.4, -0.2) is 13.1 Å². The lowest BCUT2D eigenvalue weighted by Gasteiger charge is -2.18. The fourth-order valence-electron chi connectivity index (χ4n) is 1.59. The van der Waals surface area contributed by atoms with Crippen molar-refractivity contribution in [1.82, 2.24) is 0 Å². The summed E-state index contributed by atoms with van der Waals surface area (Å²) in [5.41, 5.74) is 0.802. The molecule has 0 aromatic carbocycles. The van der Waals surface area contributed by atoms with Crippen molar-refractivity contribution in [3.05, 3.63) is 23.6 Å². The molecule has 0 amide bonds. The molecule has 0 spiro atoms. The van der Waals surface area contributed by atoms with E-state index in [1.165, 1.54) is 13.2 Å². The van der Waals surface area contributed by atoms with Crippen LogP contribution in [0.25, 0.3) is 0 Å². The van der Waals surface area contributed by atoms with E-state index < -0.39 is 5.97 Å². The third-order valence-electron chi connectivity index (χ3n) is 2.47. The van der Waals surface area contributed by atoms with Gasteiger partial charge in [-0.2, -0.15) is 0 Å². The zero-order valence-electron chi connectivity index (χ0n) is 8.55. The minimum atomic E-state index is -0.430. The van der Waals surface area contributed by atoms with Crippen molar-refractivity contribution in [2.24, 2.45) is 5.92 Å². The Hall–Kier alpha value is -1.12. The summed E-state index contributed by atoms with van der Waals surface area (Å²) in [6, 6.07) is 0. The number of carbonyl (C=O) groups is 1. The quantitative estimate of drug-likeness (QED) is 0.503. The van der Waals surface area contributed by atoms with Crippen LogP contribution in [0.4, 0.5) is 4.39 Å². The number of allylic oxidation sites excluding steroid dienone is 3. The number of rotatable bonds is 2. The summed E-state index contributed by atoms with van der Waals surface area (Å²) in [5, 5.41) is 0. The number of ether oxygens (including phenoxy) is 1. The largest absolute Gasteiger partial charge is 0.466 e.